The monoisotopic (exact) mass is 335 g/mol. The molecular weight excluding hydrogens is 314 g/mol. The molecule has 2 unspecified atom stereocenters. The summed E-state index contributed by atoms with van der Waals surface area (Å²) >= 11 is 0. The first-order valence-corrected chi connectivity index (χ1v) is 8.58. The maximum Gasteiger partial charge on any atom is 0.268 e. The number of ether oxygens (including phenoxy) is 1. The summed E-state index contributed by atoms with van der Waals surface area (Å²) in [6.07, 6.45) is 1.35. The van der Waals surface area contributed by atoms with Gasteiger partial charge in [-0.25, -0.2) is 4.79 Å². The van der Waals surface area contributed by atoms with Gasteiger partial charge in [-0.3, -0.25) is 9.69 Å². The van der Waals surface area contributed by atoms with Gasteiger partial charge in [0.15, 0.2) is 0 Å². The molecule has 0 N–H and O–H groups in total. The Hall–Kier alpha value is -2.68. The average Bonchev–Trinajstić information content (AvgIpc) is 2.95. The highest BCUT2D eigenvalue weighted by molar-refractivity contribution is 6.14. The molecule has 0 spiro atoms. The predicted molar refractivity (Wildman–Crippen MR) is 97.0 cm³/mol. The normalized spacial score (nSPS) is 20.0. The number of carbonyl (C=O) groups is 1. The number of para-hydroxylation sites is 1. The van der Waals surface area contributed by atoms with E-state index in [0.717, 1.165) is 24.1 Å². The standard InChI is InChI=1S/C21H21NO3/c1-2-3-14-25-21-19(16-10-6-4-7-11-16)18(15-23)20(24)22(21)17-12-8-5-9-13-17/h4-13,19,21H,2-3,14H2,1H3. The molecule has 3 rings (SSSR count). The molecule has 0 aromatic heterocycles. The Labute approximate surface area is 147 Å². The molecule has 25 heavy (non-hydrogen) atoms. The number of amides is 1. The first kappa shape index (κ1) is 17.2. The summed E-state index contributed by atoms with van der Waals surface area (Å²) in [7, 11) is 0. The molecule has 2 aromatic rings. The molecule has 1 aliphatic rings. The molecule has 1 aliphatic heterocycles. The van der Waals surface area contributed by atoms with Gasteiger partial charge in [0.25, 0.3) is 5.91 Å². The van der Waals surface area contributed by atoms with E-state index in [1.54, 1.807) is 4.90 Å². The molecule has 0 radical (unpaired) electrons. The van der Waals surface area contributed by atoms with Crippen LogP contribution in [0.5, 0.6) is 0 Å². The van der Waals surface area contributed by atoms with Crippen LogP contribution < -0.4 is 4.90 Å². The van der Waals surface area contributed by atoms with E-state index in [2.05, 4.69) is 6.92 Å². The minimum atomic E-state index is -0.541. The third-order valence-corrected chi connectivity index (χ3v) is 4.39. The summed E-state index contributed by atoms with van der Waals surface area (Å²) in [5, 5.41) is 0. The molecular formula is C21H21NO3. The molecule has 1 amide bonds. The van der Waals surface area contributed by atoms with Gasteiger partial charge >= 0.3 is 0 Å². The average molecular weight is 335 g/mol. The highest BCUT2D eigenvalue weighted by Crippen LogP contribution is 2.40. The van der Waals surface area contributed by atoms with Crippen molar-refractivity contribution < 1.29 is 14.3 Å². The largest absolute Gasteiger partial charge is 0.357 e. The number of rotatable bonds is 6. The van der Waals surface area contributed by atoms with Crippen molar-refractivity contribution in [3.05, 3.63) is 71.8 Å². The van der Waals surface area contributed by atoms with E-state index in [0.29, 0.717) is 6.61 Å². The molecule has 128 valence electrons. The number of nitrogens with zero attached hydrogens (tertiary/aromatic N) is 1. The van der Waals surface area contributed by atoms with E-state index in [1.807, 2.05) is 66.6 Å². The van der Waals surface area contributed by atoms with Gasteiger partial charge in [-0.2, -0.15) is 0 Å². The number of unbranched alkanes of at least 4 members (excludes halogenated alkanes) is 1. The van der Waals surface area contributed by atoms with Crippen molar-refractivity contribution in [1.82, 2.24) is 0 Å². The van der Waals surface area contributed by atoms with E-state index >= 15 is 0 Å². The number of hydrogen-bond acceptors (Lipinski definition) is 3. The van der Waals surface area contributed by atoms with Crippen LogP contribution in [0, 0.1) is 0 Å². The van der Waals surface area contributed by atoms with Crippen LogP contribution in [-0.2, 0) is 14.3 Å². The third-order valence-electron chi connectivity index (χ3n) is 4.39. The number of hydrogen-bond donors (Lipinski definition) is 0. The van der Waals surface area contributed by atoms with Gasteiger partial charge in [-0.1, -0.05) is 61.9 Å². The minimum absolute atomic E-state index is 0.122. The third kappa shape index (κ3) is 3.41. The zero-order valence-electron chi connectivity index (χ0n) is 14.2. The molecule has 0 aliphatic carbocycles. The van der Waals surface area contributed by atoms with E-state index in [1.165, 1.54) is 0 Å². The lowest BCUT2D eigenvalue weighted by Gasteiger charge is -2.28. The first-order valence-electron chi connectivity index (χ1n) is 8.58. The lowest BCUT2D eigenvalue weighted by Crippen LogP contribution is -2.37. The van der Waals surface area contributed by atoms with Gasteiger partial charge in [-0.05, 0) is 24.1 Å². The first-order chi connectivity index (χ1) is 12.3. The topological polar surface area (TPSA) is 46.6 Å². The van der Waals surface area contributed by atoms with Gasteiger partial charge in [-0.15, -0.1) is 0 Å². The molecule has 4 heteroatoms. The molecule has 1 saturated heterocycles. The van der Waals surface area contributed by atoms with Crippen molar-refractivity contribution >= 4 is 17.5 Å². The second-order valence-electron chi connectivity index (χ2n) is 6.03. The summed E-state index contributed by atoms with van der Waals surface area (Å²) in [6, 6.07) is 18.9. The Kier molecular flexibility index (Phi) is 5.44. The maximum absolute atomic E-state index is 12.9. The number of benzene rings is 2. The van der Waals surface area contributed by atoms with Crippen LogP contribution in [0.3, 0.4) is 0 Å². The van der Waals surface area contributed by atoms with Crippen LogP contribution in [0.4, 0.5) is 5.69 Å². The summed E-state index contributed by atoms with van der Waals surface area (Å²) in [4.78, 5) is 26.1. The van der Waals surface area contributed by atoms with Crippen molar-refractivity contribution in [3.8, 4) is 0 Å². The van der Waals surface area contributed by atoms with Crippen LogP contribution in [0.25, 0.3) is 0 Å². The van der Waals surface area contributed by atoms with E-state index in [9.17, 15) is 9.59 Å². The highest BCUT2D eigenvalue weighted by Gasteiger charge is 2.47. The quantitative estimate of drug-likeness (QED) is 0.459. The molecule has 1 fully saturated rings. The van der Waals surface area contributed by atoms with E-state index in [4.69, 9.17) is 4.74 Å². The van der Waals surface area contributed by atoms with Crippen LogP contribution in [-0.4, -0.2) is 24.7 Å². The number of carbonyl (C=O) groups excluding carboxylic acids is 2. The summed E-state index contributed by atoms with van der Waals surface area (Å²) < 4.78 is 6.09. The Bertz CT molecular complexity index is 766. The molecule has 2 aromatic carbocycles. The fraction of sp³-hybridized carbons (Fsp3) is 0.286. The van der Waals surface area contributed by atoms with Crippen molar-refractivity contribution in [3.63, 3.8) is 0 Å². The maximum atomic E-state index is 12.9. The molecule has 0 saturated carbocycles. The second-order valence-corrected chi connectivity index (χ2v) is 6.03. The highest BCUT2D eigenvalue weighted by atomic mass is 16.5. The minimum Gasteiger partial charge on any atom is -0.357 e. The molecule has 0 bridgehead atoms. The van der Waals surface area contributed by atoms with Gasteiger partial charge in [0.05, 0.1) is 5.92 Å². The van der Waals surface area contributed by atoms with Crippen molar-refractivity contribution in [1.29, 1.82) is 0 Å². The summed E-state index contributed by atoms with van der Waals surface area (Å²) in [5.74, 6) is 1.10. The number of anilines is 1. The van der Waals surface area contributed by atoms with Gasteiger partial charge in [0, 0.05) is 12.3 Å². The van der Waals surface area contributed by atoms with Crippen LogP contribution in [0.1, 0.15) is 31.2 Å². The van der Waals surface area contributed by atoms with Crippen LogP contribution >= 0.6 is 0 Å². The van der Waals surface area contributed by atoms with Crippen molar-refractivity contribution in [2.45, 2.75) is 31.9 Å². The van der Waals surface area contributed by atoms with E-state index in [-0.39, 0.29) is 11.5 Å². The smallest absolute Gasteiger partial charge is 0.268 e. The van der Waals surface area contributed by atoms with Crippen LogP contribution in [0.15, 0.2) is 66.2 Å². The van der Waals surface area contributed by atoms with E-state index < -0.39 is 12.1 Å². The zero-order valence-corrected chi connectivity index (χ0v) is 14.2. The molecule has 4 nitrogen and oxygen atoms in total. The van der Waals surface area contributed by atoms with Crippen LogP contribution in [0.2, 0.25) is 0 Å². The molecule has 1 heterocycles. The zero-order chi connectivity index (χ0) is 17.6. The van der Waals surface area contributed by atoms with Gasteiger partial charge in [0.1, 0.15) is 17.7 Å². The van der Waals surface area contributed by atoms with Gasteiger partial charge in [0.2, 0.25) is 0 Å². The predicted octanol–water partition coefficient (Wildman–Crippen LogP) is 3.72. The Balaban J connectivity index is 2.05. The van der Waals surface area contributed by atoms with Gasteiger partial charge < -0.3 is 4.74 Å². The fourth-order valence-electron chi connectivity index (χ4n) is 3.14. The fourth-order valence-corrected chi connectivity index (χ4v) is 3.14. The molecule has 2 atom stereocenters. The Morgan fingerprint density at radius 2 is 1.68 bits per heavy atom. The summed E-state index contributed by atoms with van der Waals surface area (Å²) in [6.45, 7) is 2.62. The lowest BCUT2D eigenvalue weighted by molar-refractivity contribution is -0.115. The Morgan fingerprint density at radius 1 is 1.04 bits per heavy atom. The SMILES string of the molecule is CCCCOC1C(c2ccccc2)C(=C=O)C(=O)N1c1ccccc1. The summed E-state index contributed by atoms with van der Waals surface area (Å²) in [5.41, 5.74) is 1.73. The van der Waals surface area contributed by atoms with Crippen molar-refractivity contribution in [2.75, 3.05) is 11.5 Å². The lowest BCUT2D eigenvalue weighted by atomic mass is 9.93. The second kappa shape index (κ2) is 7.93. The van der Waals surface area contributed by atoms with Crippen molar-refractivity contribution in [2.24, 2.45) is 0 Å². The Morgan fingerprint density at radius 3 is 2.28 bits per heavy atom.